The first-order valence-corrected chi connectivity index (χ1v) is 5.72. The molecule has 5 heteroatoms. The molecule has 2 aliphatic rings. The molecule has 0 bridgehead atoms. The van der Waals surface area contributed by atoms with Gasteiger partial charge in [0, 0.05) is 0 Å². The third-order valence-electron chi connectivity index (χ3n) is 3.07. The third-order valence-corrected chi connectivity index (χ3v) is 3.07. The quantitative estimate of drug-likeness (QED) is 0.697. The van der Waals surface area contributed by atoms with Crippen molar-refractivity contribution < 1.29 is 24.5 Å². The number of carbonyl (C=O) groups excluding carboxylic acids is 1. The zero-order valence-electron chi connectivity index (χ0n) is 11.4. The lowest BCUT2D eigenvalue weighted by Crippen LogP contribution is -2.00. The summed E-state index contributed by atoms with van der Waals surface area (Å²) < 4.78 is 10.1. The van der Waals surface area contributed by atoms with E-state index in [0.717, 1.165) is 11.1 Å². The van der Waals surface area contributed by atoms with Crippen LogP contribution in [-0.4, -0.2) is 42.4 Å². The predicted octanol–water partition coefficient (Wildman–Crippen LogP) is 2.29. The first-order chi connectivity index (χ1) is 8.43. The molecule has 0 radical (unpaired) electrons. The van der Waals surface area contributed by atoms with Crippen molar-refractivity contribution in [1.82, 2.24) is 0 Å². The Morgan fingerprint density at radius 3 is 1.28 bits per heavy atom. The molecule has 0 amide bonds. The van der Waals surface area contributed by atoms with E-state index in [1.165, 1.54) is 0 Å². The van der Waals surface area contributed by atoms with Gasteiger partial charge in [0.05, 0.1) is 12.2 Å². The van der Waals surface area contributed by atoms with Crippen LogP contribution in [-0.2, 0) is 14.3 Å². The molecule has 0 aliphatic carbocycles. The Hall–Kier alpha value is -1.33. The first-order valence-electron chi connectivity index (χ1n) is 5.72. The van der Waals surface area contributed by atoms with E-state index in [9.17, 15) is 0 Å². The molecular formula is C13H22O5. The van der Waals surface area contributed by atoms with Gasteiger partial charge in [-0.1, -0.05) is 0 Å². The first kappa shape index (κ1) is 16.7. The van der Waals surface area contributed by atoms with E-state index >= 15 is 0 Å². The van der Waals surface area contributed by atoms with Crippen molar-refractivity contribution in [1.29, 1.82) is 0 Å². The van der Waals surface area contributed by atoms with Gasteiger partial charge in [-0.05, 0) is 38.8 Å². The van der Waals surface area contributed by atoms with Crippen molar-refractivity contribution in [2.24, 2.45) is 0 Å². The Balaban J connectivity index is 0.000000283. The molecular weight excluding hydrogens is 236 g/mol. The summed E-state index contributed by atoms with van der Waals surface area (Å²) >= 11 is 0. The van der Waals surface area contributed by atoms with E-state index in [1.54, 1.807) is 0 Å². The summed E-state index contributed by atoms with van der Waals surface area (Å²) in [6.45, 7) is 10.4. The van der Waals surface area contributed by atoms with Crippen LogP contribution in [0.25, 0.3) is 0 Å². The van der Waals surface area contributed by atoms with Crippen molar-refractivity contribution >= 4 is 6.79 Å². The van der Waals surface area contributed by atoms with Crippen LogP contribution in [0.4, 0.5) is 0 Å². The highest BCUT2D eigenvalue weighted by molar-refractivity contribution is 5.14. The van der Waals surface area contributed by atoms with Crippen molar-refractivity contribution in [3.05, 3.63) is 22.7 Å². The largest absolute Gasteiger partial charge is 0.510 e. The number of carbonyl (C=O) groups is 1. The van der Waals surface area contributed by atoms with Crippen LogP contribution in [0, 0.1) is 0 Å². The molecule has 0 aromatic heterocycles. The van der Waals surface area contributed by atoms with E-state index in [2.05, 4.69) is 0 Å². The van der Waals surface area contributed by atoms with Gasteiger partial charge in [-0.2, -0.15) is 0 Å². The molecule has 2 rings (SSSR count). The van der Waals surface area contributed by atoms with Gasteiger partial charge in [0.2, 0.25) is 0 Å². The number of rotatable bonds is 0. The fourth-order valence-corrected chi connectivity index (χ4v) is 1.35. The van der Waals surface area contributed by atoms with E-state index in [4.69, 9.17) is 24.5 Å². The molecule has 2 unspecified atom stereocenters. The van der Waals surface area contributed by atoms with Crippen molar-refractivity contribution in [3.63, 3.8) is 0 Å². The predicted molar refractivity (Wildman–Crippen MR) is 68.6 cm³/mol. The van der Waals surface area contributed by atoms with Crippen LogP contribution < -0.4 is 0 Å². The Bertz CT molecular complexity index is 300. The summed E-state index contributed by atoms with van der Waals surface area (Å²) in [5.74, 6) is 0.801. The zero-order valence-corrected chi connectivity index (χ0v) is 11.4. The molecule has 2 atom stereocenters. The van der Waals surface area contributed by atoms with Crippen LogP contribution in [0.2, 0.25) is 0 Å². The van der Waals surface area contributed by atoms with Gasteiger partial charge in [0.15, 0.2) is 0 Å². The highest BCUT2D eigenvalue weighted by atomic mass is 16.5. The second kappa shape index (κ2) is 7.89. The highest BCUT2D eigenvalue weighted by Gasteiger charge is 2.17. The van der Waals surface area contributed by atoms with E-state index < -0.39 is 0 Å². The van der Waals surface area contributed by atoms with Crippen LogP contribution in [0.15, 0.2) is 22.7 Å². The molecule has 0 fully saturated rings. The molecule has 5 nitrogen and oxygen atoms in total. The molecule has 0 saturated heterocycles. The topological polar surface area (TPSA) is 76.0 Å². The summed E-state index contributed by atoms with van der Waals surface area (Å²) in [6.07, 6.45) is 0.241. The lowest BCUT2D eigenvalue weighted by Gasteiger charge is -1.99. The summed E-state index contributed by atoms with van der Waals surface area (Å²) in [7, 11) is 0. The number of hydrogen-bond acceptors (Lipinski definition) is 5. The van der Waals surface area contributed by atoms with Crippen molar-refractivity contribution in [2.45, 2.75) is 39.9 Å². The SMILES string of the molecule is C=O.CC1=C(O)COC1C.CC1=C(O)COC1C. The van der Waals surface area contributed by atoms with Gasteiger partial charge in [0.25, 0.3) is 0 Å². The van der Waals surface area contributed by atoms with E-state index in [-0.39, 0.29) is 12.2 Å². The Morgan fingerprint density at radius 1 is 0.944 bits per heavy atom. The molecule has 2 aliphatic heterocycles. The smallest absolute Gasteiger partial charge is 0.119 e. The van der Waals surface area contributed by atoms with Crippen LogP contribution in [0.5, 0.6) is 0 Å². The standard InChI is InChI=1S/2C6H10O2.CH2O/c2*1-4-5(2)8-3-6(4)7;1-2/h2*5,7H,3H2,1-2H3;1H2. The fourth-order valence-electron chi connectivity index (χ4n) is 1.35. The second-order valence-electron chi connectivity index (χ2n) is 4.17. The third kappa shape index (κ3) is 4.50. The average Bonchev–Trinajstić information content (AvgIpc) is 2.83. The number of ether oxygens (including phenoxy) is 2. The van der Waals surface area contributed by atoms with Gasteiger partial charge < -0.3 is 24.5 Å². The molecule has 0 aromatic carbocycles. The van der Waals surface area contributed by atoms with Crippen LogP contribution in [0.3, 0.4) is 0 Å². The van der Waals surface area contributed by atoms with Crippen LogP contribution in [0.1, 0.15) is 27.7 Å². The maximum atomic E-state index is 8.92. The van der Waals surface area contributed by atoms with E-state index in [0.29, 0.717) is 24.7 Å². The Labute approximate surface area is 108 Å². The van der Waals surface area contributed by atoms with Crippen molar-refractivity contribution in [3.8, 4) is 0 Å². The van der Waals surface area contributed by atoms with Gasteiger partial charge >= 0.3 is 0 Å². The Morgan fingerprint density at radius 2 is 1.22 bits per heavy atom. The lowest BCUT2D eigenvalue weighted by atomic mass is 10.2. The van der Waals surface area contributed by atoms with E-state index in [1.807, 2.05) is 34.5 Å². The van der Waals surface area contributed by atoms with Gasteiger partial charge in [0.1, 0.15) is 31.5 Å². The normalized spacial score (nSPS) is 26.4. The number of hydrogen-bond donors (Lipinski definition) is 2. The van der Waals surface area contributed by atoms with Gasteiger partial charge in [-0.15, -0.1) is 0 Å². The number of aliphatic hydroxyl groups is 2. The second-order valence-corrected chi connectivity index (χ2v) is 4.17. The van der Waals surface area contributed by atoms with Crippen molar-refractivity contribution in [2.75, 3.05) is 13.2 Å². The van der Waals surface area contributed by atoms with Gasteiger partial charge in [-0.25, -0.2) is 0 Å². The molecule has 2 heterocycles. The summed E-state index contributed by atoms with van der Waals surface area (Å²) in [5.41, 5.74) is 1.93. The maximum absolute atomic E-state index is 8.92. The Kier molecular flexibility index (Phi) is 7.31. The minimum atomic E-state index is 0.120. The van der Waals surface area contributed by atoms with Gasteiger partial charge in [-0.3, -0.25) is 0 Å². The monoisotopic (exact) mass is 258 g/mol. The minimum Gasteiger partial charge on any atom is -0.510 e. The fraction of sp³-hybridized carbons (Fsp3) is 0.615. The molecule has 2 N–H and O–H groups in total. The summed E-state index contributed by atoms with van der Waals surface area (Å²) in [6, 6.07) is 0. The van der Waals surface area contributed by atoms with Crippen LogP contribution >= 0.6 is 0 Å². The molecule has 0 aromatic rings. The highest BCUT2D eigenvalue weighted by Crippen LogP contribution is 2.17. The molecule has 18 heavy (non-hydrogen) atoms. The molecule has 0 saturated carbocycles. The maximum Gasteiger partial charge on any atom is 0.119 e. The minimum absolute atomic E-state index is 0.120. The summed E-state index contributed by atoms with van der Waals surface area (Å²) in [5, 5.41) is 17.8. The average molecular weight is 258 g/mol. The molecule has 0 spiro atoms. The summed E-state index contributed by atoms with van der Waals surface area (Å²) in [4.78, 5) is 8.00. The lowest BCUT2D eigenvalue weighted by molar-refractivity contribution is -0.0979. The molecule has 104 valence electrons. The number of aliphatic hydroxyl groups excluding tert-OH is 2. The zero-order chi connectivity index (χ0) is 14.3.